The van der Waals surface area contributed by atoms with Crippen molar-refractivity contribution in [2.45, 2.75) is 13.8 Å². The average Bonchev–Trinajstić information content (AvgIpc) is 2.37. The minimum Gasteiger partial charge on any atom is -0.399 e. The number of anilines is 2. The fourth-order valence-electron chi connectivity index (χ4n) is 2.18. The van der Waals surface area contributed by atoms with Gasteiger partial charge in [-0.05, 0) is 43.7 Å². The lowest BCUT2D eigenvalue weighted by molar-refractivity contribution is 0.0989. The van der Waals surface area contributed by atoms with Gasteiger partial charge in [0.2, 0.25) is 0 Å². The molecule has 0 heterocycles. The van der Waals surface area contributed by atoms with E-state index in [2.05, 4.69) is 0 Å². The third kappa shape index (κ3) is 2.64. The lowest BCUT2D eigenvalue weighted by Crippen LogP contribution is -2.27. The van der Waals surface area contributed by atoms with Crippen LogP contribution in [0.5, 0.6) is 0 Å². The van der Waals surface area contributed by atoms with Gasteiger partial charge in [-0.15, -0.1) is 0 Å². The lowest BCUT2D eigenvalue weighted by Gasteiger charge is -2.20. The van der Waals surface area contributed by atoms with Gasteiger partial charge in [0.25, 0.3) is 5.91 Å². The molecule has 0 fully saturated rings. The molecule has 104 valence electrons. The molecule has 1 amide bonds. The Hall–Kier alpha value is -2.36. The largest absolute Gasteiger partial charge is 0.399 e. The van der Waals surface area contributed by atoms with E-state index in [1.54, 1.807) is 7.05 Å². The van der Waals surface area contributed by atoms with Crippen molar-refractivity contribution in [1.82, 2.24) is 0 Å². The van der Waals surface area contributed by atoms with Crippen molar-refractivity contribution in [3.8, 4) is 0 Å². The van der Waals surface area contributed by atoms with Crippen LogP contribution in [0.4, 0.5) is 15.8 Å². The van der Waals surface area contributed by atoms with E-state index in [-0.39, 0.29) is 5.56 Å². The van der Waals surface area contributed by atoms with Crippen molar-refractivity contribution < 1.29 is 9.18 Å². The standard InChI is InChI=1S/C16H17FN2O/c1-10-4-7-15(11(2)8-10)19(3)16(20)13-6-5-12(18)9-14(13)17/h4-9H,18H2,1-3H3. The Bertz CT molecular complexity index is 668. The maximum Gasteiger partial charge on any atom is 0.260 e. The van der Waals surface area contributed by atoms with Gasteiger partial charge < -0.3 is 10.6 Å². The molecular formula is C16H17FN2O. The summed E-state index contributed by atoms with van der Waals surface area (Å²) in [5.74, 6) is -0.999. The molecule has 0 aliphatic heterocycles. The van der Waals surface area contributed by atoms with Gasteiger partial charge in [0, 0.05) is 18.4 Å². The van der Waals surface area contributed by atoms with Gasteiger partial charge >= 0.3 is 0 Å². The zero-order valence-corrected chi connectivity index (χ0v) is 11.8. The molecular weight excluding hydrogens is 255 g/mol. The summed E-state index contributed by atoms with van der Waals surface area (Å²) in [7, 11) is 1.63. The van der Waals surface area contributed by atoms with Crippen LogP contribution in [0.15, 0.2) is 36.4 Å². The number of hydrogen-bond donors (Lipinski definition) is 1. The molecule has 20 heavy (non-hydrogen) atoms. The number of rotatable bonds is 2. The van der Waals surface area contributed by atoms with Gasteiger partial charge in [-0.25, -0.2) is 4.39 Å². The molecule has 0 bridgehead atoms. The summed E-state index contributed by atoms with van der Waals surface area (Å²) in [6.45, 7) is 3.91. The maximum atomic E-state index is 13.8. The number of halogens is 1. The summed E-state index contributed by atoms with van der Waals surface area (Å²) < 4.78 is 13.8. The topological polar surface area (TPSA) is 46.3 Å². The Morgan fingerprint density at radius 3 is 2.45 bits per heavy atom. The Labute approximate surface area is 117 Å². The first kappa shape index (κ1) is 14.1. The summed E-state index contributed by atoms with van der Waals surface area (Å²) in [6, 6.07) is 9.85. The Balaban J connectivity index is 2.37. The van der Waals surface area contributed by atoms with E-state index in [9.17, 15) is 9.18 Å². The van der Waals surface area contributed by atoms with E-state index in [1.165, 1.54) is 17.0 Å². The second-order valence-electron chi connectivity index (χ2n) is 4.89. The first-order valence-corrected chi connectivity index (χ1v) is 6.30. The van der Waals surface area contributed by atoms with E-state index in [4.69, 9.17) is 5.73 Å². The van der Waals surface area contributed by atoms with Crippen molar-refractivity contribution in [2.24, 2.45) is 0 Å². The number of carbonyl (C=O) groups is 1. The predicted molar refractivity (Wildman–Crippen MR) is 79.5 cm³/mol. The zero-order valence-electron chi connectivity index (χ0n) is 11.8. The molecule has 0 unspecified atom stereocenters. The molecule has 0 radical (unpaired) electrons. The second-order valence-corrected chi connectivity index (χ2v) is 4.89. The van der Waals surface area contributed by atoms with Crippen LogP contribution in [0, 0.1) is 19.7 Å². The summed E-state index contributed by atoms with van der Waals surface area (Å²) in [5, 5.41) is 0. The SMILES string of the molecule is Cc1ccc(N(C)C(=O)c2ccc(N)cc2F)c(C)c1. The molecule has 0 atom stereocenters. The normalized spacial score (nSPS) is 10.4. The van der Waals surface area contributed by atoms with E-state index < -0.39 is 11.7 Å². The van der Waals surface area contributed by atoms with Crippen molar-refractivity contribution in [1.29, 1.82) is 0 Å². The summed E-state index contributed by atoms with van der Waals surface area (Å²) in [4.78, 5) is 13.8. The number of hydrogen-bond acceptors (Lipinski definition) is 2. The first-order valence-electron chi connectivity index (χ1n) is 6.30. The fraction of sp³-hybridized carbons (Fsp3) is 0.188. The van der Waals surface area contributed by atoms with Crippen LogP contribution in [0.2, 0.25) is 0 Å². The van der Waals surface area contributed by atoms with Crippen molar-refractivity contribution >= 4 is 17.3 Å². The van der Waals surface area contributed by atoms with Crippen LogP contribution in [0.25, 0.3) is 0 Å². The molecule has 0 aliphatic carbocycles. The Kier molecular flexibility index (Phi) is 3.74. The summed E-state index contributed by atoms with van der Waals surface area (Å²) in [6.07, 6.45) is 0. The van der Waals surface area contributed by atoms with Crippen LogP contribution >= 0.6 is 0 Å². The number of nitrogens with two attached hydrogens (primary N) is 1. The Morgan fingerprint density at radius 2 is 1.85 bits per heavy atom. The van der Waals surface area contributed by atoms with E-state index in [0.717, 1.165) is 22.9 Å². The van der Waals surface area contributed by atoms with Crippen LogP contribution < -0.4 is 10.6 Å². The van der Waals surface area contributed by atoms with E-state index in [0.29, 0.717) is 5.69 Å². The molecule has 4 heteroatoms. The molecule has 2 rings (SSSR count). The predicted octanol–water partition coefficient (Wildman–Crippen LogP) is 3.30. The number of carbonyl (C=O) groups excluding carboxylic acids is 1. The third-order valence-electron chi connectivity index (χ3n) is 3.24. The Morgan fingerprint density at radius 1 is 1.15 bits per heavy atom. The fourth-order valence-corrected chi connectivity index (χ4v) is 2.18. The highest BCUT2D eigenvalue weighted by molar-refractivity contribution is 6.06. The molecule has 0 aromatic heterocycles. The van der Waals surface area contributed by atoms with Crippen molar-refractivity contribution in [2.75, 3.05) is 17.7 Å². The van der Waals surface area contributed by atoms with Gasteiger partial charge in [0.1, 0.15) is 5.82 Å². The second kappa shape index (κ2) is 5.33. The highest BCUT2D eigenvalue weighted by Gasteiger charge is 2.18. The minimum absolute atomic E-state index is 0.0154. The van der Waals surface area contributed by atoms with Gasteiger partial charge in [-0.2, -0.15) is 0 Å². The van der Waals surface area contributed by atoms with Gasteiger partial charge in [-0.1, -0.05) is 17.7 Å². The number of benzene rings is 2. The summed E-state index contributed by atoms with van der Waals surface area (Å²) in [5.41, 5.74) is 8.65. The van der Waals surface area contributed by atoms with E-state index >= 15 is 0 Å². The van der Waals surface area contributed by atoms with Crippen LogP contribution in [0.1, 0.15) is 21.5 Å². The monoisotopic (exact) mass is 272 g/mol. The van der Waals surface area contributed by atoms with E-state index in [1.807, 2.05) is 32.0 Å². The number of amides is 1. The van der Waals surface area contributed by atoms with Crippen LogP contribution in [0.3, 0.4) is 0 Å². The number of nitrogen functional groups attached to an aromatic ring is 1. The number of nitrogens with zero attached hydrogens (tertiary/aromatic N) is 1. The molecule has 3 nitrogen and oxygen atoms in total. The smallest absolute Gasteiger partial charge is 0.260 e. The third-order valence-corrected chi connectivity index (χ3v) is 3.24. The minimum atomic E-state index is -0.605. The summed E-state index contributed by atoms with van der Waals surface area (Å²) >= 11 is 0. The lowest BCUT2D eigenvalue weighted by atomic mass is 10.1. The molecule has 2 N–H and O–H groups in total. The average molecular weight is 272 g/mol. The quantitative estimate of drug-likeness (QED) is 0.853. The van der Waals surface area contributed by atoms with Gasteiger partial charge in [0.05, 0.1) is 5.56 Å². The van der Waals surface area contributed by atoms with Crippen LogP contribution in [-0.4, -0.2) is 13.0 Å². The highest BCUT2D eigenvalue weighted by Crippen LogP contribution is 2.23. The molecule has 0 spiro atoms. The molecule has 0 saturated heterocycles. The molecule has 2 aromatic rings. The molecule has 0 saturated carbocycles. The van der Waals surface area contributed by atoms with Crippen molar-refractivity contribution in [3.63, 3.8) is 0 Å². The zero-order chi connectivity index (χ0) is 14.9. The maximum absolute atomic E-state index is 13.8. The highest BCUT2D eigenvalue weighted by atomic mass is 19.1. The molecule has 2 aromatic carbocycles. The van der Waals surface area contributed by atoms with Gasteiger partial charge in [0.15, 0.2) is 0 Å². The van der Waals surface area contributed by atoms with Crippen LogP contribution in [-0.2, 0) is 0 Å². The molecule has 0 aliphatic rings. The first-order chi connectivity index (χ1) is 9.40. The van der Waals surface area contributed by atoms with Crippen molar-refractivity contribution in [3.05, 3.63) is 58.9 Å². The van der Waals surface area contributed by atoms with Gasteiger partial charge in [-0.3, -0.25) is 4.79 Å². The number of aryl methyl sites for hydroxylation is 2.